The zero-order valence-electron chi connectivity index (χ0n) is 9.41. The molecule has 0 spiro atoms. The Morgan fingerprint density at radius 1 is 1.41 bits per heavy atom. The molecule has 1 unspecified atom stereocenters. The second kappa shape index (κ2) is 4.63. The molecule has 88 valence electrons. The third-order valence-electron chi connectivity index (χ3n) is 3.10. The SMILES string of the molecule is Brc1cnc2c(NC3CCNC3)cccc2c1. The lowest BCUT2D eigenvalue weighted by Gasteiger charge is -2.14. The summed E-state index contributed by atoms with van der Waals surface area (Å²) in [5.41, 5.74) is 2.17. The zero-order valence-corrected chi connectivity index (χ0v) is 11.0. The first-order valence-electron chi connectivity index (χ1n) is 5.84. The van der Waals surface area contributed by atoms with E-state index < -0.39 is 0 Å². The maximum Gasteiger partial charge on any atom is 0.0934 e. The Kier molecular flexibility index (Phi) is 2.99. The molecule has 1 aliphatic rings. The van der Waals surface area contributed by atoms with Crippen molar-refractivity contribution in [2.75, 3.05) is 18.4 Å². The Bertz CT molecular complexity index is 535. The summed E-state index contributed by atoms with van der Waals surface area (Å²) >= 11 is 3.45. The van der Waals surface area contributed by atoms with Gasteiger partial charge in [-0.15, -0.1) is 0 Å². The number of hydrogen-bond acceptors (Lipinski definition) is 3. The summed E-state index contributed by atoms with van der Waals surface area (Å²) in [6.07, 6.45) is 3.02. The number of para-hydroxylation sites is 1. The van der Waals surface area contributed by atoms with E-state index in [9.17, 15) is 0 Å². The van der Waals surface area contributed by atoms with Crippen molar-refractivity contribution in [3.63, 3.8) is 0 Å². The van der Waals surface area contributed by atoms with Gasteiger partial charge in [0.15, 0.2) is 0 Å². The third kappa shape index (κ3) is 2.28. The molecule has 1 atom stereocenters. The van der Waals surface area contributed by atoms with Gasteiger partial charge in [-0.3, -0.25) is 4.98 Å². The number of benzene rings is 1. The molecule has 4 heteroatoms. The van der Waals surface area contributed by atoms with Crippen molar-refractivity contribution >= 4 is 32.5 Å². The number of nitrogens with zero attached hydrogens (tertiary/aromatic N) is 1. The van der Waals surface area contributed by atoms with E-state index in [1.807, 2.05) is 6.20 Å². The zero-order chi connectivity index (χ0) is 11.7. The van der Waals surface area contributed by atoms with Gasteiger partial charge in [0.1, 0.15) is 0 Å². The van der Waals surface area contributed by atoms with Gasteiger partial charge in [-0.05, 0) is 41.0 Å². The number of halogens is 1. The summed E-state index contributed by atoms with van der Waals surface area (Å²) in [5.74, 6) is 0. The highest BCUT2D eigenvalue weighted by atomic mass is 79.9. The maximum atomic E-state index is 4.49. The first-order valence-corrected chi connectivity index (χ1v) is 6.64. The van der Waals surface area contributed by atoms with Crippen LogP contribution in [0.25, 0.3) is 10.9 Å². The van der Waals surface area contributed by atoms with Gasteiger partial charge in [0.2, 0.25) is 0 Å². The molecule has 2 heterocycles. The Hall–Kier alpha value is -1.13. The van der Waals surface area contributed by atoms with E-state index in [2.05, 4.69) is 55.8 Å². The number of anilines is 1. The Labute approximate surface area is 109 Å². The molecule has 0 bridgehead atoms. The fourth-order valence-corrected chi connectivity index (χ4v) is 2.60. The van der Waals surface area contributed by atoms with Gasteiger partial charge in [0, 0.05) is 28.6 Å². The van der Waals surface area contributed by atoms with Crippen molar-refractivity contribution < 1.29 is 0 Å². The van der Waals surface area contributed by atoms with Gasteiger partial charge in [0.25, 0.3) is 0 Å². The number of fused-ring (bicyclic) bond motifs is 1. The van der Waals surface area contributed by atoms with Crippen molar-refractivity contribution in [2.45, 2.75) is 12.5 Å². The summed E-state index contributed by atoms with van der Waals surface area (Å²) in [6.45, 7) is 2.13. The van der Waals surface area contributed by atoms with E-state index in [0.29, 0.717) is 6.04 Å². The monoisotopic (exact) mass is 291 g/mol. The van der Waals surface area contributed by atoms with E-state index in [1.54, 1.807) is 0 Å². The van der Waals surface area contributed by atoms with E-state index >= 15 is 0 Å². The molecule has 1 saturated heterocycles. The van der Waals surface area contributed by atoms with Gasteiger partial charge in [-0.1, -0.05) is 12.1 Å². The summed E-state index contributed by atoms with van der Waals surface area (Å²) in [4.78, 5) is 4.49. The highest BCUT2D eigenvalue weighted by Gasteiger charge is 2.15. The maximum absolute atomic E-state index is 4.49. The molecule has 0 radical (unpaired) electrons. The van der Waals surface area contributed by atoms with Gasteiger partial charge >= 0.3 is 0 Å². The predicted octanol–water partition coefficient (Wildman–Crippen LogP) is 2.77. The van der Waals surface area contributed by atoms with Crippen molar-refractivity contribution in [3.8, 4) is 0 Å². The minimum Gasteiger partial charge on any atom is -0.379 e. The number of hydrogen-bond donors (Lipinski definition) is 2. The van der Waals surface area contributed by atoms with Crippen LogP contribution in [-0.4, -0.2) is 24.1 Å². The highest BCUT2D eigenvalue weighted by Crippen LogP contribution is 2.24. The van der Waals surface area contributed by atoms with Gasteiger partial charge in [0.05, 0.1) is 11.2 Å². The number of rotatable bonds is 2. The van der Waals surface area contributed by atoms with Crippen LogP contribution in [0.4, 0.5) is 5.69 Å². The van der Waals surface area contributed by atoms with E-state index in [1.165, 1.54) is 6.42 Å². The molecule has 1 aliphatic heterocycles. The molecule has 17 heavy (non-hydrogen) atoms. The van der Waals surface area contributed by atoms with Crippen LogP contribution in [0.2, 0.25) is 0 Å². The summed E-state index contributed by atoms with van der Waals surface area (Å²) < 4.78 is 1.02. The number of nitrogens with one attached hydrogen (secondary N) is 2. The molecule has 3 rings (SSSR count). The van der Waals surface area contributed by atoms with Gasteiger partial charge in [-0.2, -0.15) is 0 Å². The Morgan fingerprint density at radius 3 is 3.18 bits per heavy atom. The molecule has 3 nitrogen and oxygen atoms in total. The Morgan fingerprint density at radius 2 is 2.35 bits per heavy atom. The van der Waals surface area contributed by atoms with Crippen LogP contribution in [-0.2, 0) is 0 Å². The van der Waals surface area contributed by atoms with E-state index in [-0.39, 0.29) is 0 Å². The molecule has 1 fully saturated rings. The van der Waals surface area contributed by atoms with Crippen molar-refractivity contribution in [1.29, 1.82) is 0 Å². The van der Waals surface area contributed by atoms with E-state index in [4.69, 9.17) is 0 Å². The van der Waals surface area contributed by atoms with Crippen LogP contribution in [0, 0.1) is 0 Å². The fraction of sp³-hybridized carbons (Fsp3) is 0.308. The number of pyridine rings is 1. The average Bonchev–Trinajstić information content (AvgIpc) is 2.82. The van der Waals surface area contributed by atoms with Crippen LogP contribution in [0.3, 0.4) is 0 Å². The van der Waals surface area contributed by atoms with Gasteiger partial charge < -0.3 is 10.6 Å². The Balaban J connectivity index is 1.97. The predicted molar refractivity (Wildman–Crippen MR) is 74.3 cm³/mol. The van der Waals surface area contributed by atoms with Crippen molar-refractivity contribution in [3.05, 3.63) is 34.9 Å². The molecular weight excluding hydrogens is 278 g/mol. The summed E-state index contributed by atoms with van der Waals surface area (Å²) in [6, 6.07) is 8.87. The second-order valence-electron chi connectivity index (χ2n) is 4.36. The smallest absolute Gasteiger partial charge is 0.0934 e. The van der Waals surface area contributed by atoms with Crippen LogP contribution in [0.15, 0.2) is 34.9 Å². The molecule has 2 N–H and O–H groups in total. The third-order valence-corrected chi connectivity index (χ3v) is 3.53. The van der Waals surface area contributed by atoms with Crippen LogP contribution in [0.1, 0.15) is 6.42 Å². The van der Waals surface area contributed by atoms with Crippen molar-refractivity contribution in [2.24, 2.45) is 0 Å². The normalized spacial score (nSPS) is 19.7. The second-order valence-corrected chi connectivity index (χ2v) is 5.28. The van der Waals surface area contributed by atoms with Gasteiger partial charge in [-0.25, -0.2) is 0 Å². The van der Waals surface area contributed by atoms with Crippen molar-refractivity contribution in [1.82, 2.24) is 10.3 Å². The molecule has 1 aromatic carbocycles. The topological polar surface area (TPSA) is 37.0 Å². The minimum absolute atomic E-state index is 0.519. The number of aromatic nitrogens is 1. The first-order chi connectivity index (χ1) is 8.33. The standard InChI is InChI=1S/C13H14BrN3/c14-10-6-9-2-1-3-12(13(9)16-7-10)17-11-4-5-15-8-11/h1-3,6-7,11,15,17H,4-5,8H2. The highest BCUT2D eigenvalue weighted by molar-refractivity contribution is 9.10. The molecular formula is C13H14BrN3. The average molecular weight is 292 g/mol. The summed E-state index contributed by atoms with van der Waals surface area (Å²) in [7, 11) is 0. The molecule has 0 aliphatic carbocycles. The molecule has 0 amide bonds. The first kappa shape index (κ1) is 11.0. The largest absolute Gasteiger partial charge is 0.379 e. The minimum atomic E-state index is 0.519. The quantitative estimate of drug-likeness (QED) is 0.893. The lowest BCUT2D eigenvalue weighted by molar-refractivity contribution is 0.794. The fourth-order valence-electron chi connectivity index (χ4n) is 2.25. The van der Waals surface area contributed by atoms with E-state index in [0.717, 1.165) is 34.2 Å². The summed E-state index contributed by atoms with van der Waals surface area (Å²) in [5, 5.41) is 8.08. The molecule has 1 aromatic heterocycles. The molecule has 0 saturated carbocycles. The molecule has 2 aromatic rings. The van der Waals surface area contributed by atoms with Crippen LogP contribution in [0.5, 0.6) is 0 Å². The van der Waals surface area contributed by atoms with Crippen LogP contribution >= 0.6 is 15.9 Å². The van der Waals surface area contributed by atoms with Crippen LogP contribution < -0.4 is 10.6 Å². The lowest BCUT2D eigenvalue weighted by Crippen LogP contribution is -2.22. The lowest BCUT2D eigenvalue weighted by atomic mass is 10.1.